The Morgan fingerprint density at radius 2 is 1.55 bits per heavy atom. The van der Waals surface area contributed by atoms with E-state index in [4.69, 9.17) is 0 Å². The number of benzene rings is 2. The van der Waals surface area contributed by atoms with Gasteiger partial charge in [-0.1, -0.05) is 12.1 Å². The van der Waals surface area contributed by atoms with Gasteiger partial charge >= 0.3 is 0 Å². The Labute approximate surface area is 171 Å². The molecule has 7 heteroatoms. The van der Waals surface area contributed by atoms with E-state index in [1.807, 2.05) is 17.0 Å². The van der Waals surface area contributed by atoms with Crippen molar-refractivity contribution in [2.24, 2.45) is 0 Å². The third-order valence-electron chi connectivity index (χ3n) is 5.09. The molecule has 1 heterocycles. The molecule has 0 aliphatic carbocycles. The number of nitrogens with one attached hydrogen (secondary N) is 1. The summed E-state index contributed by atoms with van der Waals surface area (Å²) in [4.78, 5) is 26.7. The Morgan fingerprint density at radius 3 is 2.10 bits per heavy atom. The van der Waals surface area contributed by atoms with E-state index in [1.54, 1.807) is 26.0 Å². The molecule has 154 valence electrons. The zero-order valence-electron chi connectivity index (χ0n) is 16.7. The van der Waals surface area contributed by atoms with E-state index in [2.05, 4.69) is 5.32 Å². The number of carbonyl (C=O) groups is 2. The topological polar surface area (TPSA) is 83.5 Å². The van der Waals surface area contributed by atoms with Crippen LogP contribution in [-0.2, 0) is 21.1 Å². The lowest BCUT2D eigenvalue weighted by atomic mass is 10.1. The van der Waals surface area contributed by atoms with Gasteiger partial charge in [0.2, 0.25) is 5.91 Å². The van der Waals surface area contributed by atoms with E-state index in [-0.39, 0.29) is 16.7 Å². The summed E-state index contributed by atoms with van der Waals surface area (Å²) in [5.41, 5.74) is 1.90. The second-order valence-electron chi connectivity index (χ2n) is 7.53. The molecule has 0 saturated carbocycles. The number of amides is 2. The summed E-state index contributed by atoms with van der Waals surface area (Å²) in [5.74, 6) is -0.185. The predicted molar refractivity (Wildman–Crippen MR) is 113 cm³/mol. The standard InChI is InChI=1S/C22H26N2O4S/c1-16(2)29(27,28)20-11-7-18(8-12-20)22(26)23-19-9-5-17(6-10-19)15-21(25)24-13-3-4-14-24/h5-12,16H,3-4,13-15H2,1-2H3,(H,23,26). The molecule has 0 spiro atoms. The average molecular weight is 415 g/mol. The fourth-order valence-electron chi connectivity index (χ4n) is 3.23. The lowest BCUT2D eigenvalue weighted by Gasteiger charge is -2.15. The molecule has 1 saturated heterocycles. The molecular weight excluding hydrogens is 388 g/mol. The van der Waals surface area contributed by atoms with Crippen LogP contribution in [0.15, 0.2) is 53.4 Å². The molecule has 0 radical (unpaired) electrons. The van der Waals surface area contributed by atoms with Crippen LogP contribution >= 0.6 is 0 Å². The molecule has 6 nitrogen and oxygen atoms in total. The van der Waals surface area contributed by atoms with Gasteiger partial charge in [-0.05, 0) is 68.7 Å². The van der Waals surface area contributed by atoms with Gasteiger partial charge in [0.1, 0.15) is 0 Å². The van der Waals surface area contributed by atoms with Gasteiger partial charge in [0.05, 0.1) is 16.6 Å². The van der Waals surface area contributed by atoms with Crippen molar-refractivity contribution in [1.82, 2.24) is 4.90 Å². The fraction of sp³-hybridized carbons (Fsp3) is 0.364. The fourth-order valence-corrected chi connectivity index (χ4v) is 4.29. The van der Waals surface area contributed by atoms with Gasteiger partial charge in [-0.2, -0.15) is 0 Å². The minimum atomic E-state index is -3.36. The lowest BCUT2D eigenvalue weighted by molar-refractivity contribution is -0.129. The van der Waals surface area contributed by atoms with Gasteiger partial charge in [-0.15, -0.1) is 0 Å². The maximum Gasteiger partial charge on any atom is 0.255 e. The summed E-state index contributed by atoms with van der Waals surface area (Å²) in [6, 6.07) is 13.1. The van der Waals surface area contributed by atoms with E-state index in [0.29, 0.717) is 17.7 Å². The van der Waals surface area contributed by atoms with Crippen LogP contribution in [0.3, 0.4) is 0 Å². The van der Waals surface area contributed by atoms with Crippen LogP contribution in [0.25, 0.3) is 0 Å². The van der Waals surface area contributed by atoms with Crippen molar-refractivity contribution >= 4 is 27.3 Å². The van der Waals surface area contributed by atoms with Crippen molar-refractivity contribution in [3.05, 3.63) is 59.7 Å². The number of hydrogen-bond acceptors (Lipinski definition) is 4. The van der Waals surface area contributed by atoms with Gasteiger partial charge in [0.15, 0.2) is 9.84 Å². The van der Waals surface area contributed by atoms with Crippen molar-refractivity contribution in [2.45, 2.75) is 43.3 Å². The minimum Gasteiger partial charge on any atom is -0.342 e. The largest absolute Gasteiger partial charge is 0.342 e. The highest BCUT2D eigenvalue weighted by molar-refractivity contribution is 7.92. The summed E-state index contributed by atoms with van der Waals surface area (Å²) in [5, 5.41) is 2.28. The number of sulfone groups is 1. The van der Waals surface area contributed by atoms with E-state index < -0.39 is 15.1 Å². The van der Waals surface area contributed by atoms with Crippen LogP contribution < -0.4 is 5.32 Å². The molecule has 29 heavy (non-hydrogen) atoms. The molecule has 1 aliphatic heterocycles. The number of anilines is 1. The summed E-state index contributed by atoms with van der Waals surface area (Å²) in [7, 11) is -3.36. The van der Waals surface area contributed by atoms with Crippen molar-refractivity contribution in [3.63, 3.8) is 0 Å². The normalized spacial score (nSPS) is 14.2. The van der Waals surface area contributed by atoms with Gasteiger partial charge in [-0.3, -0.25) is 9.59 Å². The van der Waals surface area contributed by atoms with E-state index in [1.165, 1.54) is 24.3 Å². The molecule has 1 fully saturated rings. The Balaban J connectivity index is 1.61. The highest BCUT2D eigenvalue weighted by atomic mass is 32.2. The van der Waals surface area contributed by atoms with Gasteiger partial charge in [-0.25, -0.2) is 8.42 Å². The Bertz CT molecular complexity index is 974. The maximum absolute atomic E-state index is 12.4. The molecule has 2 aromatic rings. The molecular formula is C22H26N2O4S. The Morgan fingerprint density at radius 1 is 0.966 bits per heavy atom. The van der Waals surface area contributed by atoms with E-state index in [0.717, 1.165) is 31.5 Å². The quantitative estimate of drug-likeness (QED) is 0.786. The first-order valence-corrected chi connectivity index (χ1v) is 11.3. The predicted octanol–water partition coefficient (Wildman–Crippen LogP) is 3.29. The van der Waals surface area contributed by atoms with Crippen LogP contribution in [0, 0.1) is 0 Å². The van der Waals surface area contributed by atoms with Crippen molar-refractivity contribution in [1.29, 1.82) is 0 Å². The molecule has 0 aromatic heterocycles. The molecule has 3 rings (SSSR count). The minimum absolute atomic E-state index is 0.135. The van der Waals surface area contributed by atoms with Crippen LogP contribution in [0.1, 0.15) is 42.6 Å². The van der Waals surface area contributed by atoms with Crippen LogP contribution in [0.4, 0.5) is 5.69 Å². The first kappa shape index (κ1) is 21.0. The van der Waals surface area contributed by atoms with Gasteiger partial charge < -0.3 is 10.2 Å². The van der Waals surface area contributed by atoms with Crippen molar-refractivity contribution in [3.8, 4) is 0 Å². The first-order valence-electron chi connectivity index (χ1n) is 9.79. The third kappa shape index (κ3) is 5.03. The van der Waals surface area contributed by atoms with Crippen molar-refractivity contribution < 1.29 is 18.0 Å². The summed E-state index contributed by atoms with van der Waals surface area (Å²) < 4.78 is 24.3. The zero-order chi connectivity index (χ0) is 21.0. The highest BCUT2D eigenvalue weighted by Gasteiger charge is 2.20. The lowest BCUT2D eigenvalue weighted by Crippen LogP contribution is -2.29. The monoisotopic (exact) mass is 414 g/mol. The third-order valence-corrected chi connectivity index (χ3v) is 7.26. The van der Waals surface area contributed by atoms with Gasteiger partial charge in [0.25, 0.3) is 5.91 Å². The van der Waals surface area contributed by atoms with Crippen LogP contribution in [0.2, 0.25) is 0 Å². The number of carbonyl (C=O) groups excluding carboxylic acids is 2. The second-order valence-corrected chi connectivity index (χ2v) is 10.0. The Hall–Kier alpha value is -2.67. The summed E-state index contributed by atoms with van der Waals surface area (Å²) >= 11 is 0. The molecule has 1 N–H and O–H groups in total. The van der Waals surface area contributed by atoms with Crippen molar-refractivity contribution in [2.75, 3.05) is 18.4 Å². The second kappa shape index (κ2) is 8.78. The molecule has 0 bridgehead atoms. The summed E-state index contributed by atoms with van der Waals surface area (Å²) in [6.45, 7) is 4.92. The highest BCUT2D eigenvalue weighted by Crippen LogP contribution is 2.18. The molecule has 0 unspecified atom stereocenters. The number of nitrogens with zero attached hydrogens (tertiary/aromatic N) is 1. The van der Waals surface area contributed by atoms with Gasteiger partial charge in [0, 0.05) is 24.3 Å². The molecule has 1 aliphatic rings. The number of hydrogen-bond donors (Lipinski definition) is 1. The van der Waals surface area contributed by atoms with E-state index in [9.17, 15) is 18.0 Å². The smallest absolute Gasteiger partial charge is 0.255 e. The average Bonchev–Trinajstić information content (AvgIpc) is 3.24. The molecule has 0 atom stereocenters. The molecule has 2 aromatic carbocycles. The molecule has 2 amide bonds. The van der Waals surface area contributed by atoms with Crippen LogP contribution in [-0.4, -0.2) is 43.5 Å². The van der Waals surface area contributed by atoms with E-state index >= 15 is 0 Å². The Kier molecular flexibility index (Phi) is 6.37. The number of likely N-dealkylation sites (tertiary alicyclic amines) is 1. The zero-order valence-corrected chi connectivity index (χ0v) is 17.5. The summed E-state index contributed by atoms with van der Waals surface area (Å²) in [6.07, 6.45) is 2.50. The SMILES string of the molecule is CC(C)S(=O)(=O)c1ccc(C(=O)Nc2ccc(CC(=O)N3CCCC3)cc2)cc1. The number of rotatable bonds is 6. The maximum atomic E-state index is 12.4. The van der Waals surface area contributed by atoms with Crippen LogP contribution in [0.5, 0.6) is 0 Å². The first-order chi connectivity index (χ1) is 13.8.